The van der Waals surface area contributed by atoms with Crippen molar-refractivity contribution in [1.82, 2.24) is 0 Å². The third-order valence-electron chi connectivity index (χ3n) is 1.60. The summed E-state index contributed by atoms with van der Waals surface area (Å²) in [4.78, 5) is 0. The monoisotopic (exact) mass is 182 g/mol. The fourth-order valence-electron chi connectivity index (χ4n) is 0.696. The van der Waals surface area contributed by atoms with Gasteiger partial charge in [-0.05, 0) is 0 Å². The predicted octanol–water partition coefficient (Wildman–Crippen LogP) is -1.75. The highest BCUT2D eigenvalue weighted by molar-refractivity contribution is 4.76. The van der Waals surface area contributed by atoms with Crippen LogP contribution < -0.4 is 0 Å². The number of aliphatic hydroxyl groups excluding tert-OH is 1. The van der Waals surface area contributed by atoms with E-state index in [4.69, 9.17) is 5.11 Å². The molecule has 0 aromatic heterocycles. The second kappa shape index (κ2) is 4.13. The van der Waals surface area contributed by atoms with Crippen LogP contribution >= 0.6 is 0 Å². The molecule has 0 aromatic carbocycles. The first kappa shape index (κ1) is 11.8. The molecule has 0 radical (unpaired) electrons. The zero-order valence-electron chi connectivity index (χ0n) is 7.27. The number of hydrogen-bond acceptors (Lipinski definition) is 6. The van der Waals surface area contributed by atoms with Crippen molar-refractivity contribution in [1.29, 1.82) is 0 Å². The van der Waals surface area contributed by atoms with Crippen LogP contribution in [0.15, 0.2) is 0 Å². The van der Waals surface area contributed by atoms with Crippen molar-refractivity contribution in [2.75, 3.05) is 27.9 Å². The first-order valence-corrected chi connectivity index (χ1v) is 3.20. The Morgan fingerprint density at radius 2 is 1.42 bits per heavy atom. The summed E-state index contributed by atoms with van der Waals surface area (Å²) in [7, 11) is 3.30. The van der Waals surface area contributed by atoms with Crippen molar-refractivity contribution in [3.8, 4) is 0 Å². The van der Waals surface area contributed by atoms with Crippen LogP contribution in [-0.2, 0) is 14.2 Å². The number of aliphatic hydroxyl groups is 3. The Bertz CT molecular complexity index is 112. The van der Waals surface area contributed by atoms with Crippen LogP contribution in [0.5, 0.6) is 0 Å². The maximum Gasteiger partial charge on any atom is 0.339 e. The lowest BCUT2D eigenvalue weighted by atomic mass is 10.2. The van der Waals surface area contributed by atoms with E-state index < -0.39 is 18.4 Å². The molecule has 0 saturated carbocycles. The van der Waals surface area contributed by atoms with E-state index in [9.17, 15) is 10.2 Å². The second-order valence-corrected chi connectivity index (χ2v) is 2.14. The van der Waals surface area contributed by atoms with Crippen LogP contribution in [0.3, 0.4) is 0 Å². The first-order chi connectivity index (χ1) is 5.49. The molecule has 0 saturated heterocycles. The standard InChI is InChI=1S/C6H14O6/c1-10-5(8,4-7)6(9,11-2)12-3/h7-9H,4H2,1-3H3. The summed E-state index contributed by atoms with van der Waals surface area (Å²) in [5.74, 6) is -4.67. The largest absolute Gasteiger partial charge is 0.390 e. The second-order valence-electron chi connectivity index (χ2n) is 2.14. The highest BCUT2D eigenvalue weighted by Crippen LogP contribution is 2.24. The summed E-state index contributed by atoms with van der Waals surface area (Å²) in [5, 5.41) is 27.4. The SMILES string of the molecule is COC(O)(CO)C(O)(OC)OC. The normalized spacial score (nSPS) is 17.5. The number of ether oxygens (including phenoxy) is 3. The summed E-state index contributed by atoms with van der Waals surface area (Å²) >= 11 is 0. The topological polar surface area (TPSA) is 88.4 Å². The molecule has 0 aliphatic rings. The summed E-state index contributed by atoms with van der Waals surface area (Å²) in [6, 6.07) is 0. The van der Waals surface area contributed by atoms with Gasteiger partial charge in [0.05, 0.1) is 0 Å². The van der Waals surface area contributed by atoms with Gasteiger partial charge in [-0.3, -0.25) is 0 Å². The van der Waals surface area contributed by atoms with Gasteiger partial charge in [0.15, 0.2) is 0 Å². The molecule has 1 unspecified atom stereocenters. The van der Waals surface area contributed by atoms with E-state index >= 15 is 0 Å². The maximum absolute atomic E-state index is 9.38. The minimum Gasteiger partial charge on any atom is -0.390 e. The Hall–Kier alpha value is -0.240. The van der Waals surface area contributed by atoms with Gasteiger partial charge in [-0.1, -0.05) is 0 Å². The fourth-order valence-corrected chi connectivity index (χ4v) is 0.696. The van der Waals surface area contributed by atoms with E-state index in [-0.39, 0.29) is 0 Å². The molecule has 6 nitrogen and oxygen atoms in total. The highest BCUT2D eigenvalue weighted by atomic mass is 16.9. The summed E-state index contributed by atoms with van der Waals surface area (Å²) < 4.78 is 13.3. The Kier molecular flexibility index (Phi) is 4.04. The van der Waals surface area contributed by atoms with E-state index in [1.807, 2.05) is 0 Å². The van der Waals surface area contributed by atoms with E-state index in [0.717, 1.165) is 21.3 Å². The molecule has 0 bridgehead atoms. The van der Waals surface area contributed by atoms with Crippen molar-refractivity contribution in [3.05, 3.63) is 0 Å². The molecular weight excluding hydrogens is 168 g/mol. The van der Waals surface area contributed by atoms with Crippen LogP contribution in [0.4, 0.5) is 0 Å². The molecule has 0 spiro atoms. The molecule has 0 amide bonds. The molecule has 0 heterocycles. The van der Waals surface area contributed by atoms with Crippen LogP contribution in [0.2, 0.25) is 0 Å². The summed E-state index contributed by atoms with van der Waals surface area (Å²) in [6.07, 6.45) is 0. The van der Waals surface area contributed by atoms with E-state index in [1.165, 1.54) is 0 Å². The zero-order chi connectivity index (χ0) is 9.83. The maximum atomic E-state index is 9.38. The molecule has 0 aromatic rings. The minimum absolute atomic E-state index is 0.859. The van der Waals surface area contributed by atoms with Gasteiger partial charge in [0, 0.05) is 21.3 Å². The van der Waals surface area contributed by atoms with Gasteiger partial charge < -0.3 is 29.5 Å². The molecule has 0 rings (SSSR count). The van der Waals surface area contributed by atoms with Gasteiger partial charge in [0.25, 0.3) is 5.79 Å². The lowest BCUT2D eigenvalue weighted by molar-refractivity contribution is -0.469. The summed E-state index contributed by atoms with van der Waals surface area (Å²) in [6.45, 7) is -0.859. The lowest BCUT2D eigenvalue weighted by Gasteiger charge is -2.37. The van der Waals surface area contributed by atoms with Crippen molar-refractivity contribution in [2.45, 2.75) is 11.8 Å². The smallest absolute Gasteiger partial charge is 0.339 e. The van der Waals surface area contributed by atoms with Crippen LogP contribution in [0, 0.1) is 0 Å². The molecule has 3 N–H and O–H groups in total. The van der Waals surface area contributed by atoms with Crippen LogP contribution in [0.25, 0.3) is 0 Å². The number of rotatable bonds is 5. The van der Waals surface area contributed by atoms with Gasteiger partial charge in [-0.2, -0.15) is 0 Å². The molecule has 6 heteroatoms. The molecule has 1 atom stereocenters. The highest BCUT2D eigenvalue weighted by Gasteiger charge is 2.52. The van der Waals surface area contributed by atoms with E-state index in [1.54, 1.807) is 0 Å². The third-order valence-corrected chi connectivity index (χ3v) is 1.60. The van der Waals surface area contributed by atoms with Crippen molar-refractivity contribution < 1.29 is 29.5 Å². The molecule has 74 valence electrons. The van der Waals surface area contributed by atoms with Crippen molar-refractivity contribution >= 4 is 0 Å². The molecular formula is C6H14O6. The lowest BCUT2D eigenvalue weighted by Crippen LogP contribution is -2.60. The van der Waals surface area contributed by atoms with Crippen LogP contribution in [0.1, 0.15) is 0 Å². The molecule has 0 fully saturated rings. The van der Waals surface area contributed by atoms with Crippen LogP contribution in [-0.4, -0.2) is 55.0 Å². The average Bonchev–Trinajstić information content (AvgIpc) is 2.15. The number of methoxy groups -OCH3 is 3. The predicted molar refractivity (Wildman–Crippen MR) is 38.0 cm³/mol. The van der Waals surface area contributed by atoms with Gasteiger partial charge in [0.2, 0.25) is 0 Å². The molecule has 0 aliphatic carbocycles. The quantitative estimate of drug-likeness (QED) is 0.437. The van der Waals surface area contributed by atoms with Crippen molar-refractivity contribution in [2.24, 2.45) is 0 Å². The number of hydrogen-bond donors (Lipinski definition) is 3. The van der Waals surface area contributed by atoms with Gasteiger partial charge in [-0.25, -0.2) is 0 Å². The Morgan fingerprint density at radius 3 is 1.50 bits per heavy atom. The molecule has 0 aliphatic heterocycles. The zero-order valence-corrected chi connectivity index (χ0v) is 7.27. The van der Waals surface area contributed by atoms with Gasteiger partial charge in [0.1, 0.15) is 6.61 Å². The molecule has 12 heavy (non-hydrogen) atoms. The summed E-state index contributed by atoms with van der Waals surface area (Å²) in [5.41, 5.74) is 0. The minimum atomic E-state index is -2.38. The van der Waals surface area contributed by atoms with Gasteiger partial charge in [-0.15, -0.1) is 0 Å². The Balaban J connectivity index is 4.66. The Morgan fingerprint density at radius 1 is 1.00 bits per heavy atom. The first-order valence-electron chi connectivity index (χ1n) is 3.20. The fraction of sp³-hybridized carbons (Fsp3) is 1.00. The Labute approximate surface area is 70.3 Å². The van der Waals surface area contributed by atoms with Crippen molar-refractivity contribution in [3.63, 3.8) is 0 Å². The average molecular weight is 182 g/mol. The van der Waals surface area contributed by atoms with Gasteiger partial charge >= 0.3 is 5.97 Å². The van der Waals surface area contributed by atoms with E-state index in [2.05, 4.69) is 14.2 Å². The third kappa shape index (κ3) is 1.74. The van der Waals surface area contributed by atoms with E-state index in [0.29, 0.717) is 0 Å².